The first kappa shape index (κ1) is 21.9. The number of amides is 1. The van der Waals surface area contributed by atoms with E-state index in [1.54, 1.807) is 35.6 Å². The molecule has 1 saturated heterocycles. The van der Waals surface area contributed by atoms with Crippen LogP contribution in [-0.2, 0) is 32.5 Å². The lowest BCUT2D eigenvalue weighted by molar-refractivity contribution is -0.121. The van der Waals surface area contributed by atoms with E-state index in [0.717, 1.165) is 16.3 Å². The molecule has 2 heterocycles. The summed E-state index contributed by atoms with van der Waals surface area (Å²) in [5.41, 5.74) is 1.81. The summed E-state index contributed by atoms with van der Waals surface area (Å²) in [4.78, 5) is 16.9. The number of nitrogens with one attached hydrogen (secondary N) is 1. The van der Waals surface area contributed by atoms with Crippen molar-refractivity contribution in [3.8, 4) is 0 Å². The van der Waals surface area contributed by atoms with Gasteiger partial charge in [-0.25, -0.2) is 13.4 Å². The fraction of sp³-hybridized carbons (Fsp3) is 0.500. The summed E-state index contributed by atoms with van der Waals surface area (Å²) in [5, 5.41) is 5.94. The van der Waals surface area contributed by atoms with Gasteiger partial charge in [-0.15, -0.1) is 11.3 Å². The number of benzene rings is 1. The largest absolute Gasteiger partial charge is 0.379 e. The zero-order chi connectivity index (χ0) is 20.9. The molecule has 158 valence electrons. The predicted molar refractivity (Wildman–Crippen MR) is 112 cm³/mol. The Balaban J connectivity index is 1.48. The van der Waals surface area contributed by atoms with Gasteiger partial charge in [-0.3, -0.25) is 4.79 Å². The van der Waals surface area contributed by atoms with Crippen LogP contribution >= 0.6 is 11.3 Å². The van der Waals surface area contributed by atoms with Crippen molar-refractivity contribution in [3.05, 3.63) is 45.9 Å². The molecule has 0 spiro atoms. The van der Waals surface area contributed by atoms with Crippen LogP contribution in [-0.4, -0.2) is 49.9 Å². The first-order valence-corrected chi connectivity index (χ1v) is 12.1. The molecule has 1 amide bonds. The van der Waals surface area contributed by atoms with E-state index in [4.69, 9.17) is 4.74 Å². The van der Waals surface area contributed by atoms with Crippen LogP contribution in [0.4, 0.5) is 0 Å². The first-order valence-electron chi connectivity index (χ1n) is 9.74. The quantitative estimate of drug-likeness (QED) is 0.686. The van der Waals surface area contributed by atoms with Crippen molar-refractivity contribution in [1.29, 1.82) is 0 Å². The average molecular weight is 438 g/mol. The molecule has 0 saturated carbocycles. The summed E-state index contributed by atoms with van der Waals surface area (Å²) in [7, 11) is -3.49. The standard InChI is InChI=1S/C20H27N3O4S2/c1-15(2)20-22-17(14-28-20)13-21-19(24)8-5-16-3-6-18(7-4-16)29(25,26)23-9-11-27-12-10-23/h3-4,6-7,14-15H,5,8-13H2,1-2H3,(H,21,24). The van der Waals surface area contributed by atoms with Crippen LogP contribution < -0.4 is 5.32 Å². The molecule has 1 fully saturated rings. The van der Waals surface area contributed by atoms with E-state index < -0.39 is 10.0 Å². The van der Waals surface area contributed by atoms with Crippen molar-refractivity contribution in [2.75, 3.05) is 26.3 Å². The Kier molecular flexibility index (Phi) is 7.39. The van der Waals surface area contributed by atoms with Crippen molar-refractivity contribution in [1.82, 2.24) is 14.6 Å². The van der Waals surface area contributed by atoms with Gasteiger partial charge in [0, 0.05) is 30.8 Å². The highest BCUT2D eigenvalue weighted by molar-refractivity contribution is 7.89. The van der Waals surface area contributed by atoms with E-state index in [1.165, 1.54) is 4.31 Å². The number of nitrogens with zero attached hydrogens (tertiary/aromatic N) is 2. The van der Waals surface area contributed by atoms with Gasteiger partial charge in [0.15, 0.2) is 0 Å². The van der Waals surface area contributed by atoms with Gasteiger partial charge in [0.05, 0.1) is 35.4 Å². The third-order valence-electron chi connectivity index (χ3n) is 4.70. The number of hydrogen-bond donors (Lipinski definition) is 1. The maximum absolute atomic E-state index is 12.6. The monoisotopic (exact) mass is 437 g/mol. The Morgan fingerprint density at radius 2 is 1.93 bits per heavy atom. The van der Waals surface area contributed by atoms with Crippen molar-refractivity contribution in [2.45, 2.75) is 44.0 Å². The molecule has 29 heavy (non-hydrogen) atoms. The van der Waals surface area contributed by atoms with Gasteiger partial charge in [-0.1, -0.05) is 26.0 Å². The molecule has 2 aromatic rings. The molecule has 7 nitrogen and oxygen atoms in total. The molecule has 1 aromatic heterocycles. The average Bonchev–Trinajstić information content (AvgIpc) is 3.21. The Hall–Kier alpha value is -1.81. The minimum atomic E-state index is -3.49. The van der Waals surface area contributed by atoms with Crippen molar-refractivity contribution < 1.29 is 17.9 Å². The Morgan fingerprint density at radius 1 is 1.24 bits per heavy atom. The third kappa shape index (κ3) is 5.85. The van der Waals surface area contributed by atoms with Crippen LogP contribution in [0.3, 0.4) is 0 Å². The van der Waals surface area contributed by atoms with Crippen LogP contribution in [0.2, 0.25) is 0 Å². The predicted octanol–water partition coefficient (Wildman–Crippen LogP) is 2.54. The van der Waals surface area contributed by atoms with E-state index in [-0.39, 0.29) is 10.8 Å². The second-order valence-electron chi connectivity index (χ2n) is 7.27. The number of carbonyl (C=O) groups is 1. The van der Waals surface area contributed by atoms with E-state index in [0.29, 0.717) is 51.6 Å². The lowest BCUT2D eigenvalue weighted by Crippen LogP contribution is -2.40. The second-order valence-corrected chi connectivity index (χ2v) is 10.1. The normalized spacial score (nSPS) is 15.6. The molecule has 0 bridgehead atoms. The number of aryl methyl sites for hydroxylation is 1. The second kappa shape index (κ2) is 9.80. The van der Waals surface area contributed by atoms with Gasteiger partial charge in [-0.2, -0.15) is 4.31 Å². The lowest BCUT2D eigenvalue weighted by atomic mass is 10.1. The van der Waals surface area contributed by atoms with Crippen LogP contribution in [0.15, 0.2) is 34.5 Å². The van der Waals surface area contributed by atoms with Gasteiger partial charge >= 0.3 is 0 Å². The summed E-state index contributed by atoms with van der Waals surface area (Å²) >= 11 is 1.61. The highest BCUT2D eigenvalue weighted by Gasteiger charge is 2.26. The Morgan fingerprint density at radius 3 is 2.55 bits per heavy atom. The number of sulfonamides is 1. The van der Waals surface area contributed by atoms with Crippen molar-refractivity contribution in [2.24, 2.45) is 0 Å². The maximum Gasteiger partial charge on any atom is 0.243 e. The number of rotatable bonds is 8. The third-order valence-corrected chi connectivity index (χ3v) is 7.81. The topological polar surface area (TPSA) is 88.6 Å². The number of thiazole rings is 1. The summed E-state index contributed by atoms with van der Waals surface area (Å²) in [5.74, 6) is 0.341. The minimum Gasteiger partial charge on any atom is -0.379 e. The molecular weight excluding hydrogens is 410 g/mol. The Bertz CT molecular complexity index is 917. The zero-order valence-electron chi connectivity index (χ0n) is 16.8. The van der Waals surface area contributed by atoms with E-state index in [9.17, 15) is 13.2 Å². The molecular formula is C20H27N3O4S2. The number of hydrogen-bond acceptors (Lipinski definition) is 6. The number of aromatic nitrogens is 1. The molecule has 9 heteroatoms. The highest BCUT2D eigenvalue weighted by Crippen LogP contribution is 2.20. The maximum atomic E-state index is 12.6. The number of carbonyl (C=O) groups excluding carboxylic acids is 1. The van der Waals surface area contributed by atoms with Gasteiger partial charge in [-0.05, 0) is 24.1 Å². The van der Waals surface area contributed by atoms with Crippen LogP contribution in [0.5, 0.6) is 0 Å². The minimum absolute atomic E-state index is 0.0471. The molecule has 0 radical (unpaired) electrons. The molecule has 0 unspecified atom stereocenters. The van der Waals surface area contributed by atoms with E-state index >= 15 is 0 Å². The zero-order valence-corrected chi connectivity index (χ0v) is 18.4. The molecule has 0 aliphatic carbocycles. The lowest BCUT2D eigenvalue weighted by Gasteiger charge is -2.26. The summed E-state index contributed by atoms with van der Waals surface area (Å²) in [6.07, 6.45) is 0.898. The molecule has 0 atom stereocenters. The summed E-state index contributed by atoms with van der Waals surface area (Å²) < 4.78 is 31.9. The van der Waals surface area contributed by atoms with Crippen molar-refractivity contribution in [3.63, 3.8) is 0 Å². The summed E-state index contributed by atoms with van der Waals surface area (Å²) in [6.45, 7) is 6.22. The fourth-order valence-electron chi connectivity index (χ4n) is 2.97. The van der Waals surface area contributed by atoms with Crippen LogP contribution in [0.1, 0.15) is 42.5 Å². The Labute approximate surface area is 176 Å². The van der Waals surface area contributed by atoms with Gasteiger partial charge in [0.2, 0.25) is 15.9 Å². The van der Waals surface area contributed by atoms with E-state index in [1.807, 2.05) is 5.38 Å². The number of ether oxygens (including phenoxy) is 1. The SMILES string of the molecule is CC(C)c1nc(CNC(=O)CCc2ccc(S(=O)(=O)N3CCOCC3)cc2)cs1. The molecule has 3 rings (SSSR count). The van der Waals surface area contributed by atoms with Gasteiger partial charge < -0.3 is 10.1 Å². The van der Waals surface area contributed by atoms with Crippen LogP contribution in [0, 0.1) is 0 Å². The summed E-state index contributed by atoms with van der Waals surface area (Å²) in [6, 6.07) is 6.77. The smallest absolute Gasteiger partial charge is 0.243 e. The van der Waals surface area contributed by atoms with Crippen LogP contribution in [0.25, 0.3) is 0 Å². The van der Waals surface area contributed by atoms with Gasteiger partial charge in [0.1, 0.15) is 0 Å². The molecule has 1 aliphatic rings. The number of morpholine rings is 1. The highest BCUT2D eigenvalue weighted by atomic mass is 32.2. The fourth-order valence-corrected chi connectivity index (χ4v) is 5.21. The first-order chi connectivity index (χ1) is 13.9. The molecule has 1 N–H and O–H groups in total. The van der Waals surface area contributed by atoms with E-state index in [2.05, 4.69) is 24.1 Å². The molecule has 1 aromatic carbocycles. The van der Waals surface area contributed by atoms with Gasteiger partial charge in [0.25, 0.3) is 0 Å². The van der Waals surface area contributed by atoms with Crippen molar-refractivity contribution >= 4 is 27.3 Å². The molecule has 1 aliphatic heterocycles.